The van der Waals surface area contributed by atoms with E-state index in [0.29, 0.717) is 0 Å². The van der Waals surface area contributed by atoms with Gasteiger partial charge >= 0.3 is 0 Å². The maximum Gasteiger partial charge on any atom is 0.0656 e. The van der Waals surface area contributed by atoms with Gasteiger partial charge in [0.1, 0.15) is 0 Å². The van der Waals surface area contributed by atoms with Crippen molar-refractivity contribution in [3.8, 4) is 0 Å². The van der Waals surface area contributed by atoms with E-state index in [2.05, 4.69) is 86.3 Å². The summed E-state index contributed by atoms with van der Waals surface area (Å²) in [5.41, 5.74) is 5.46. The lowest BCUT2D eigenvalue weighted by Crippen LogP contribution is -2.29. The van der Waals surface area contributed by atoms with Crippen LogP contribution in [0.4, 0.5) is 0 Å². The summed E-state index contributed by atoms with van der Waals surface area (Å²) < 4.78 is 2.55. The number of thiophene rings is 1. The van der Waals surface area contributed by atoms with Crippen LogP contribution in [0.1, 0.15) is 17.2 Å². The Morgan fingerprint density at radius 3 is 2.47 bits per heavy atom. The van der Waals surface area contributed by atoms with Gasteiger partial charge in [0, 0.05) is 3.57 Å². The fourth-order valence-corrected chi connectivity index (χ4v) is 3.42. The zero-order valence-corrected chi connectivity index (χ0v) is 14.1. The molecule has 0 aliphatic heterocycles. The second kappa shape index (κ2) is 6.46. The molecule has 0 saturated carbocycles. The topological polar surface area (TPSA) is 38.0 Å². The van der Waals surface area contributed by atoms with Gasteiger partial charge in [-0.15, -0.1) is 11.3 Å². The molecule has 0 aliphatic carbocycles. The predicted molar refractivity (Wildman–Crippen MR) is 90.0 cm³/mol. The van der Waals surface area contributed by atoms with Gasteiger partial charge in [0.2, 0.25) is 0 Å². The first-order chi connectivity index (χ1) is 8.19. The van der Waals surface area contributed by atoms with Crippen molar-refractivity contribution in [3.05, 3.63) is 53.3 Å². The van der Waals surface area contributed by atoms with Gasteiger partial charge < -0.3 is 0 Å². The van der Waals surface area contributed by atoms with E-state index in [4.69, 9.17) is 5.84 Å². The molecular formula is C12H12I2N2S. The van der Waals surface area contributed by atoms with Crippen LogP contribution in [-0.2, 0) is 6.42 Å². The molecule has 90 valence electrons. The summed E-state index contributed by atoms with van der Waals surface area (Å²) in [5.74, 6) is 5.64. The van der Waals surface area contributed by atoms with Crippen LogP contribution in [0.3, 0.4) is 0 Å². The SMILES string of the molecule is NNC(Cc1ccc(I)cc1)c1csc(I)c1. The number of nitrogens with two attached hydrogens (primary N) is 1. The van der Waals surface area contributed by atoms with Crippen LogP contribution in [0, 0.1) is 6.45 Å². The van der Waals surface area contributed by atoms with Gasteiger partial charge in [0.25, 0.3) is 0 Å². The standard InChI is InChI=1S/C12H12I2N2S/c13-10-3-1-8(2-4-10)5-11(16-15)9-6-12(14)17-7-9/h1-4,6-7,11,16H,5,15H2. The van der Waals surface area contributed by atoms with Crippen LogP contribution in [0.2, 0.25) is 0 Å². The van der Waals surface area contributed by atoms with Crippen molar-refractivity contribution in [2.45, 2.75) is 12.5 Å². The molecule has 1 aromatic carbocycles. The number of hydrogen-bond donors (Lipinski definition) is 2. The minimum atomic E-state index is 0.190. The number of benzene rings is 1. The van der Waals surface area contributed by atoms with Crippen molar-refractivity contribution < 1.29 is 0 Å². The molecule has 3 N–H and O–H groups in total. The third-order valence-electron chi connectivity index (χ3n) is 2.54. The fourth-order valence-electron chi connectivity index (χ4n) is 1.64. The van der Waals surface area contributed by atoms with Crippen LogP contribution in [0.25, 0.3) is 0 Å². The highest BCUT2D eigenvalue weighted by atomic mass is 127. The molecule has 1 atom stereocenters. The molecule has 5 heteroatoms. The zero-order chi connectivity index (χ0) is 12.3. The zero-order valence-electron chi connectivity index (χ0n) is 8.99. The van der Waals surface area contributed by atoms with Crippen molar-refractivity contribution in [3.63, 3.8) is 0 Å². The van der Waals surface area contributed by atoms with Gasteiger partial charge in [-0.25, -0.2) is 0 Å². The molecule has 2 nitrogen and oxygen atoms in total. The largest absolute Gasteiger partial charge is 0.271 e. The van der Waals surface area contributed by atoms with E-state index >= 15 is 0 Å². The van der Waals surface area contributed by atoms with E-state index in [1.165, 1.54) is 17.6 Å². The number of halogens is 2. The third kappa shape index (κ3) is 3.88. The van der Waals surface area contributed by atoms with Gasteiger partial charge in [-0.3, -0.25) is 11.3 Å². The first-order valence-corrected chi connectivity index (χ1v) is 8.17. The Morgan fingerprint density at radius 1 is 1.24 bits per heavy atom. The highest BCUT2D eigenvalue weighted by Crippen LogP contribution is 2.24. The molecule has 1 unspecified atom stereocenters. The minimum absolute atomic E-state index is 0.190. The summed E-state index contributed by atoms with van der Waals surface area (Å²) in [7, 11) is 0. The maximum absolute atomic E-state index is 5.64. The molecule has 1 aromatic heterocycles. The second-order valence-electron chi connectivity index (χ2n) is 3.73. The molecule has 0 amide bonds. The van der Waals surface area contributed by atoms with Crippen LogP contribution in [0.15, 0.2) is 35.7 Å². The molecule has 0 saturated heterocycles. The Morgan fingerprint density at radius 2 is 1.94 bits per heavy atom. The second-order valence-corrected chi connectivity index (χ2v) is 7.79. The van der Waals surface area contributed by atoms with Crippen LogP contribution in [0.5, 0.6) is 0 Å². The van der Waals surface area contributed by atoms with E-state index < -0.39 is 0 Å². The molecule has 0 spiro atoms. The summed E-state index contributed by atoms with van der Waals surface area (Å²) in [6.07, 6.45) is 0.917. The molecule has 1 heterocycles. The van der Waals surface area contributed by atoms with E-state index in [1.807, 2.05) is 0 Å². The van der Waals surface area contributed by atoms with Crippen molar-refractivity contribution >= 4 is 56.5 Å². The van der Waals surface area contributed by atoms with Gasteiger partial charge in [0.15, 0.2) is 0 Å². The lowest BCUT2D eigenvalue weighted by molar-refractivity contribution is 0.553. The van der Waals surface area contributed by atoms with E-state index in [9.17, 15) is 0 Å². The van der Waals surface area contributed by atoms with Crippen molar-refractivity contribution in [2.75, 3.05) is 0 Å². The summed E-state index contributed by atoms with van der Waals surface area (Å²) in [4.78, 5) is 0. The summed E-state index contributed by atoms with van der Waals surface area (Å²) in [6, 6.07) is 10.9. The first-order valence-electron chi connectivity index (χ1n) is 5.13. The molecular weight excluding hydrogens is 458 g/mol. The van der Waals surface area contributed by atoms with Gasteiger partial charge in [-0.1, -0.05) is 12.1 Å². The number of hydrogen-bond acceptors (Lipinski definition) is 3. The molecule has 0 bridgehead atoms. The molecule has 2 aromatic rings. The van der Waals surface area contributed by atoms with Gasteiger partial charge in [-0.2, -0.15) is 0 Å². The summed E-state index contributed by atoms with van der Waals surface area (Å²) in [6.45, 7) is 0. The molecule has 0 fully saturated rings. The molecule has 0 aliphatic rings. The lowest BCUT2D eigenvalue weighted by atomic mass is 10.0. The smallest absolute Gasteiger partial charge is 0.0656 e. The average molecular weight is 470 g/mol. The van der Waals surface area contributed by atoms with Crippen molar-refractivity contribution in [1.82, 2.24) is 5.43 Å². The quantitative estimate of drug-likeness (QED) is 0.407. The Kier molecular flexibility index (Phi) is 5.22. The van der Waals surface area contributed by atoms with E-state index in [1.54, 1.807) is 11.3 Å². The van der Waals surface area contributed by atoms with Crippen LogP contribution in [-0.4, -0.2) is 0 Å². The van der Waals surface area contributed by atoms with Crippen molar-refractivity contribution in [1.29, 1.82) is 0 Å². The monoisotopic (exact) mass is 470 g/mol. The number of rotatable bonds is 4. The Hall–Kier alpha value is 0.300. The predicted octanol–water partition coefficient (Wildman–Crippen LogP) is 3.70. The molecule has 17 heavy (non-hydrogen) atoms. The lowest BCUT2D eigenvalue weighted by Gasteiger charge is -2.14. The Bertz CT molecular complexity index is 482. The third-order valence-corrected chi connectivity index (χ3v) is 5.07. The average Bonchev–Trinajstić information content (AvgIpc) is 2.75. The Labute approximate surface area is 132 Å². The van der Waals surface area contributed by atoms with Crippen LogP contribution >= 0.6 is 56.5 Å². The normalized spacial score (nSPS) is 12.6. The van der Waals surface area contributed by atoms with E-state index in [0.717, 1.165) is 6.42 Å². The van der Waals surface area contributed by atoms with Crippen molar-refractivity contribution in [2.24, 2.45) is 5.84 Å². The number of hydrazine groups is 1. The van der Waals surface area contributed by atoms with E-state index in [-0.39, 0.29) is 6.04 Å². The van der Waals surface area contributed by atoms with Gasteiger partial charge in [0.05, 0.1) is 8.93 Å². The molecule has 0 radical (unpaired) electrons. The minimum Gasteiger partial charge on any atom is -0.271 e. The first kappa shape index (κ1) is 13.7. The fraction of sp³-hybridized carbons (Fsp3) is 0.167. The van der Waals surface area contributed by atoms with Crippen LogP contribution < -0.4 is 11.3 Å². The number of nitrogens with one attached hydrogen (secondary N) is 1. The summed E-state index contributed by atoms with van der Waals surface area (Å²) >= 11 is 6.40. The molecule has 2 rings (SSSR count). The highest BCUT2D eigenvalue weighted by molar-refractivity contribution is 14.1. The maximum atomic E-state index is 5.64. The summed E-state index contributed by atoms with van der Waals surface area (Å²) in [5, 5.41) is 2.17. The Balaban J connectivity index is 2.12. The highest BCUT2D eigenvalue weighted by Gasteiger charge is 2.12. The van der Waals surface area contributed by atoms with Gasteiger partial charge in [-0.05, 0) is 86.3 Å².